The Bertz CT molecular complexity index is 3650. The molecule has 0 aliphatic heterocycles. The van der Waals surface area contributed by atoms with Gasteiger partial charge in [0.15, 0.2) is 0 Å². The Labute approximate surface area is 427 Å². The molecule has 0 bridgehead atoms. The zero-order chi connectivity index (χ0) is 50.7. The van der Waals surface area contributed by atoms with Crippen molar-refractivity contribution >= 4 is 11.0 Å². The number of rotatable bonds is 9. The summed E-state index contributed by atoms with van der Waals surface area (Å²) in [6, 6.07) is 62.5. The summed E-state index contributed by atoms with van der Waals surface area (Å²) in [7, 11) is 0. The average molecular weight is 1080 g/mol. The minimum Gasteiger partial charge on any atom is -0.507 e. The molecule has 0 saturated carbocycles. The van der Waals surface area contributed by atoms with Crippen LogP contribution in [0.2, 0.25) is 0 Å². The van der Waals surface area contributed by atoms with E-state index in [9.17, 15) is 5.11 Å². The van der Waals surface area contributed by atoms with Gasteiger partial charge >= 0.3 is 0 Å². The van der Waals surface area contributed by atoms with E-state index in [4.69, 9.17) is 15.5 Å². The van der Waals surface area contributed by atoms with Gasteiger partial charge in [-0.2, -0.15) is 0 Å². The Balaban J connectivity index is 0.00000656. The smallest absolute Gasteiger partial charge is 0.148 e. The SMILES string of the molecule is [2H]C([2H])([2H])c1cc(-c2ccc(C(C)(C)C)cc2)c(-n2c(-c3cc(C)cc(C)c3O)nc3c(-c4[c-]c(-c5cc(-c6ccc(C([2H])(C)C)cc6)ccn5)cc(-c5ccccc5)c4)cccc32)cc1-c1ccccc1.[Pt]. The van der Waals surface area contributed by atoms with Crippen LogP contribution < -0.4 is 0 Å². The van der Waals surface area contributed by atoms with Gasteiger partial charge in [0, 0.05) is 44.0 Å². The molecule has 0 atom stereocenters. The number of aromatic hydroxyl groups is 1. The number of aromatic nitrogens is 3. The van der Waals surface area contributed by atoms with Crippen LogP contribution in [0.15, 0.2) is 182 Å². The summed E-state index contributed by atoms with van der Waals surface area (Å²) >= 11 is 0. The molecule has 8 aromatic carbocycles. The molecule has 0 spiro atoms. The second-order valence-electron chi connectivity index (χ2n) is 19.1. The van der Waals surface area contributed by atoms with Crippen molar-refractivity contribution in [2.75, 3.05) is 0 Å². The predicted molar refractivity (Wildman–Crippen MR) is 284 cm³/mol. The molecule has 0 radical (unpaired) electrons. The van der Waals surface area contributed by atoms with Crippen molar-refractivity contribution in [2.45, 2.75) is 66.6 Å². The minimum absolute atomic E-state index is 0. The van der Waals surface area contributed by atoms with Crippen LogP contribution in [0.3, 0.4) is 0 Å². The maximum Gasteiger partial charge on any atom is 0.148 e. The second kappa shape index (κ2) is 19.1. The summed E-state index contributed by atoms with van der Waals surface area (Å²) in [6.07, 6.45) is 1.83. The predicted octanol–water partition coefficient (Wildman–Crippen LogP) is 16.9. The number of imidazole rings is 1. The quantitative estimate of drug-likeness (QED) is 0.147. The first-order valence-electron chi connectivity index (χ1n) is 25.2. The van der Waals surface area contributed by atoms with Gasteiger partial charge in [0.2, 0.25) is 0 Å². The fourth-order valence-corrected chi connectivity index (χ4v) is 9.29. The molecular weight excluding hydrogens is 1020 g/mol. The molecular formula is C64H56N3OPt-. The van der Waals surface area contributed by atoms with Crippen LogP contribution in [0.4, 0.5) is 0 Å². The summed E-state index contributed by atoms with van der Waals surface area (Å²) in [5.74, 6) is -0.0928. The third kappa shape index (κ3) is 9.27. The Morgan fingerprint density at radius 1 is 0.594 bits per heavy atom. The number of hydrogen-bond acceptors (Lipinski definition) is 3. The molecule has 0 amide bonds. The van der Waals surface area contributed by atoms with Gasteiger partial charge < -0.3 is 5.11 Å². The molecule has 2 aromatic heterocycles. The van der Waals surface area contributed by atoms with E-state index in [0.29, 0.717) is 39.3 Å². The molecule has 69 heavy (non-hydrogen) atoms. The first kappa shape index (κ1) is 42.0. The largest absolute Gasteiger partial charge is 0.507 e. The van der Waals surface area contributed by atoms with Gasteiger partial charge in [-0.1, -0.05) is 185 Å². The van der Waals surface area contributed by atoms with Gasteiger partial charge in [-0.25, -0.2) is 4.98 Å². The van der Waals surface area contributed by atoms with Gasteiger partial charge in [0.25, 0.3) is 0 Å². The Kier molecular flexibility index (Phi) is 11.6. The third-order valence-electron chi connectivity index (χ3n) is 13.0. The molecule has 0 aliphatic rings. The number of hydrogen-bond donors (Lipinski definition) is 1. The van der Waals surface area contributed by atoms with Gasteiger partial charge in [-0.15, -0.1) is 23.8 Å². The van der Waals surface area contributed by atoms with E-state index in [-0.39, 0.29) is 37.8 Å². The Morgan fingerprint density at radius 3 is 1.93 bits per heavy atom. The molecule has 10 rings (SSSR count). The van der Waals surface area contributed by atoms with Crippen LogP contribution in [0.5, 0.6) is 5.75 Å². The molecule has 0 saturated heterocycles. The normalized spacial score (nSPS) is 12.7. The number of phenolic OH excluding ortho intramolecular Hbond substituents is 1. The Hall–Kier alpha value is -7.13. The molecule has 10 aromatic rings. The van der Waals surface area contributed by atoms with Crippen LogP contribution in [0.1, 0.15) is 73.8 Å². The summed E-state index contributed by atoms with van der Waals surface area (Å²) < 4.78 is 37.3. The fraction of sp³-hybridized carbons (Fsp3) is 0.156. The number of para-hydroxylation sites is 1. The minimum atomic E-state index is -2.45. The number of benzene rings is 8. The van der Waals surface area contributed by atoms with E-state index in [0.717, 1.165) is 78.0 Å². The molecule has 2 heterocycles. The second-order valence-corrected chi connectivity index (χ2v) is 19.1. The monoisotopic (exact) mass is 1080 g/mol. The van der Waals surface area contributed by atoms with E-state index in [2.05, 4.69) is 104 Å². The number of pyridine rings is 1. The van der Waals surface area contributed by atoms with Crippen molar-refractivity contribution in [3.05, 3.63) is 216 Å². The zero-order valence-corrected chi connectivity index (χ0v) is 42.2. The van der Waals surface area contributed by atoms with Crippen LogP contribution >= 0.6 is 0 Å². The van der Waals surface area contributed by atoms with Gasteiger partial charge in [-0.05, 0) is 124 Å². The van der Waals surface area contributed by atoms with E-state index in [1.54, 1.807) is 0 Å². The van der Waals surface area contributed by atoms with Crippen LogP contribution in [-0.4, -0.2) is 19.6 Å². The molecule has 0 aliphatic carbocycles. The van der Waals surface area contributed by atoms with Crippen LogP contribution in [0.25, 0.3) is 95.0 Å². The fourth-order valence-electron chi connectivity index (χ4n) is 9.29. The maximum atomic E-state index is 12.1. The van der Waals surface area contributed by atoms with Crippen molar-refractivity contribution in [1.29, 1.82) is 0 Å². The van der Waals surface area contributed by atoms with Gasteiger partial charge in [0.05, 0.1) is 22.3 Å². The standard InChI is InChI=1S/C64H56N3O.Pt/c1-40(2)44-22-24-46(25-23-44)49-30-31-65-58(38-49)52-36-50(45-16-11-9-12-17-45)35-51(37-52)54-20-15-21-59-61(54)66-63(57-33-41(3)32-43(5)62(57)68)67(59)60-39-55(47-18-13-10-14-19-47)42(4)34-56(60)48-26-28-53(29-27-48)64(6,7)8;/h9-36,38-40,68H,1-8H3;/q-1;/i4D3,40D;. The van der Waals surface area contributed by atoms with E-state index >= 15 is 0 Å². The first-order chi connectivity index (χ1) is 34.3. The molecule has 344 valence electrons. The van der Waals surface area contributed by atoms with Crippen molar-refractivity contribution in [3.8, 4) is 89.7 Å². The van der Waals surface area contributed by atoms with Crippen molar-refractivity contribution in [1.82, 2.24) is 14.5 Å². The molecule has 0 unspecified atom stereocenters. The molecule has 4 nitrogen and oxygen atoms in total. The van der Waals surface area contributed by atoms with Crippen molar-refractivity contribution in [3.63, 3.8) is 0 Å². The van der Waals surface area contributed by atoms with E-state index in [1.807, 2.05) is 137 Å². The molecule has 0 fully saturated rings. The van der Waals surface area contributed by atoms with E-state index in [1.165, 1.54) is 0 Å². The van der Waals surface area contributed by atoms with Gasteiger partial charge in [0.1, 0.15) is 11.6 Å². The number of nitrogens with zero attached hydrogens (tertiary/aromatic N) is 3. The van der Waals surface area contributed by atoms with Crippen LogP contribution in [-0.2, 0) is 26.5 Å². The summed E-state index contributed by atoms with van der Waals surface area (Å²) in [4.78, 5) is 10.5. The number of fused-ring (bicyclic) bond motifs is 1. The van der Waals surface area contributed by atoms with E-state index < -0.39 is 12.7 Å². The summed E-state index contributed by atoms with van der Waals surface area (Å²) in [6.45, 7) is 11.8. The van der Waals surface area contributed by atoms with Crippen molar-refractivity contribution in [2.24, 2.45) is 0 Å². The number of phenols is 1. The van der Waals surface area contributed by atoms with Crippen molar-refractivity contribution < 1.29 is 31.7 Å². The summed E-state index contributed by atoms with van der Waals surface area (Å²) in [5.41, 5.74) is 16.7. The number of aryl methyl sites for hydroxylation is 3. The zero-order valence-electron chi connectivity index (χ0n) is 43.9. The van der Waals surface area contributed by atoms with Gasteiger partial charge in [-0.3, -0.25) is 9.55 Å². The third-order valence-corrected chi connectivity index (χ3v) is 13.0. The maximum absolute atomic E-state index is 12.1. The van der Waals surface area contributed by atoms with Crippen LogP contribution in [0, 0.1) is 26.8 Å². The Morgan fingerprint density at radius 2 is 1.25 bits per heavy atom. The first-order valence-corrected chi connectivity index (χ1v) is 23.2. The molecule has 5 heteroatoms. The molecule has 1 N–H and O–H groups in total. The summed E-state index contributed by atoms with van der Waals surface area (Å²) in [5, 5.41) is 12.1. The topological polar surface area (TPSA) is 50.9 Å². The average Bonchev–Trinajstić information content (AvgIpc) is 3.76.